The number of hydrogen-bond acceptors (Lipinski definition) is 4. The number of aliphatic hydroxyl groups is 1. The lowest BCUT2D eigenvalue weighted by molar-refractivity contribution is 0.183. The van der Waals surface area contributed by atoms with E-state index < -0.39 is 6.10 Å². The summed E-state index contributed by atoms with van der Waals surface area (Å²) in [6, 6.07) is 0. The van der Waals surface area contributed by atoms with E-state index in [1.165, 1.54) is 6.20 Å². The molecule has 78 valence electrons. The third-order valence-corrected chi connectivity index (χ3v) is 2.58. The fourth-order valence-corrected chi connectivity index (χ4v) is 1.21. The van der Waals surface area contributed by atoms with Gasteiger partial charge in [-0.2, -0.15) is 5.10 Å². The van der Waals surface area contributed by atoms with Gasteiger partial charge in [-0.25, -0.2) is 5.10 Å². The van der Waals surface area contributed by atoms with Crippen molar-refractivity contribution >= 4 is 21.6 Å². The molecule has 0 radical (unpaired) electrons. The lowest BCUT2D eigenvalue weighted by Crippen LogP contribution is -2.20. The Morgan fingerprint density at radius 3 is 3.14 bits per heavy atom. The first-order valence-electron chi connectivity index (χ1n) is 4.30. The minimum Gasteiger partial charge on any atom is -0.391 e. The molecule has 0 spiro atoms. The molecule has 0 saturated carbocycles. The number of anilines is 1. The molecule has 5 nitrogen and oxygen atoms in total. The van der Waals surface area contributed by atoms with Crippen molar-refractivity contribution in [3.8, 4) is 0 Å². The highest BCUT2D eigenvalue weighted by Crippen LogP contribution is 2.14. The minimum atomic E-state index is -0.416. The zero-order valence-electron chi connectivity index (χ0n) is 7.75. The van der Waals surface area contributed by atoms with E-state index in [0.717, 1.165) is 0 Å². The Labute approximate surface area is 89.7 Å². The number of nitrogens with one attached hydrogen (secondary N) is 2. The first kappa shape index (κ1) is 11.2. The second-order valence-electron chi connectivity index (χ2n) is 2.87. The van der Waals surface area contributed by atoms with Crippen LogP contribution in [0.25, 0.3) is 0 Å². The maximum absolute atomic E-state index is 11.1. The van der Waals surface area contributed by atoms with E-state index in [1.807, 2.05) is 6.92 Å². The molecule has 0 aromatic carbocycles. The van der Waals surface area contributed by atoms with Gasteiger partial charge in [0.05, 0.1) is 18.0 Å². The lowest BCUT2D eigenvalue weighted by Gasteiger charge is -2.10. The zero-order chi connectivity index (χ0) is 10.6. The van der Waals surface area contributed by atoms with Crippen molar-refractivity contribution in [1.29, 1.82) is 0 Å². The highest BCUT2D eigenvalue weighted by Gasteiger charge is 2.05. The first-order chi connectivity index (χ1) is 6.65. The summed E-state index contributed by atoms with van der Waals surface area (Å²) in [4.78, 5) is 11.1. The molecule has 0 fully saturated rings. The summed E-state index contributed by atoms with van der Waals surface area (Å²) in [5.41, 5.74) is 0.294. The standard InChI is InChI=1S/C8H12BrN3O2/c1-2-5(13)3-10-6-4-11-12-8(14)7(6)9/h4-5,13H,2-3H2,1H3,(H2,10,12,14). The minimum absolute atomic E-state index is 0.291. The Morgan fingerprint density at radius 2 is 2.50 bits per heavy atom. The number of aliphatic hydroxyl groups excluding tert-OH is 1. The van der Waals surface area contributed by atoms with Crippen molar-refractivity contribution < 1.29 is 5.11 Å². The molecule has 1 atom stereocenters. The van der Waals surface area contributed by atoms with Gasteiger partial charge in [-0.1, -0.05) is 6.92 Å². The monoisotopic (exact) mass is 261 g/mol. The highest BCUT2D eigenvalue weighted by molar-refractivity contribution is 9.10. The summed E-state index contributed by atoms with van der Waals surface area (Å²) < 4.78 is 0.399. The Hall–Kier alpha value is -0.880. The van der Waals surface area contributed by atoms with Gasteiger partial charge >= 0.3 is 0 Å². The van der Waals surface area contributed by atoms with Crippen LogP contribution in [0.2, 0.25) is 0 Å². The Bertz CT molecular complexity index is 353. The van der Waals surface area contributed by atoms with Gasteiger partial charge < -0.3 is 10.4 Å². The Balaban J connectivity index is 2.68. The van der Waals surface area contributed by atoms with Crippen LogP contribution in [0.4, 0.5) is 5.69 Å². The van der Waals surface area contributed by atoms with E-state index in [-0.39, 0.29) is 5.56 Å². The fraction of sp³-hybridized carbons (Fsp3) is 0.500. The molecule has 0 aliphatic heterocycles. The lowest BCUT2D eigenvalue weighted by atomic mass is 10.3. The maximum atomic E-state index is 11.1. The van der Waals surface area contributed by atoms with Gasteiger partial charge in [0.25, 0.3) is 5.56 Å². The van der Waals surface area contributed by atoms with E-state index in [1.54, 1.807) is 0 Å². The van der Waals surface area contributed by atoms with Crippen molar-refractivity contribution in [2.75, 3.05) is 11.9 Å². The molecule has 1 unspecified atom stereocenters. The molecule has 0 amide bonds. The molecular formula is C8H12BrN3O2. The van der Waals surface area contributed by atoms with Gasteiger partial charge in [0.1, 0.15) is 4.47 Å². The van der Waals surface area contributed by atoms with Crippen LogP contribution in [-0.2, 0) is 0 Å². The Morgan fingerprint density at radius 1 is 1.79 bits per heavy atom. The van der Waals surface area contributed by atoms with Gasteiger partial charge in [-0.15, -0.1) is 0 Å². The molecule has 0 saturated heterocycles. The number of aromatic nitrogens is 2. The van der Waals surface area contributed by atoms with Crippen LogP contribution >= 0.6 is 15.9 Å². The molecule has 14 heavy (non-hydrogen) atoms. The van der Waals surface area contributed by atoms with E-state index in [2.05, 4.69) is 31.4 Å². The van der Waals surface area contributed by atoms with Crippen molar-refractivity contribution in [2.45, 2.75) is 19.4 Å². The summed E-state index contributed by atoms with van der Waals surface area (Å²) >= 11 is 3.12. The number of nitrogens with zero attached hydrogens (tertiary/aromatic N) is 1. The Kier molecular flexibility index (Phi) is 4.09. The van der Waals surface area contributed by atoms with Gasteiger partial charge in [0, 0.05) is 6.54 Å². The molecular weight excluding hydrogens is 250 g/mol. The summed E-state index contributed by atoms with van der Waals surface area (Å²) in [5, 5.41) is 18.1. The molecule has 0 aliphatic carbocycles. The van der Waals surface area contributed by atoms with Crippen molar-refractivity contribution in [2.24, 2.45) is 0 Å². The summed E-state index contributed by atoms with van der Waals surface area (Å²) in [7, 11) is 0. The smallest absolute Gasteiger partial charge is 0.280 e. The molecule has 1 rings (SSSR count). The third-order valence-electron chi connectivity index (χ3n) is 1.79. The van der Waals surface area contributed by atoms with Gasteiger partial charge in [-0.05, 0) is 22.4 Å². The number of aromatic amines is 1. The number of rotatable bonds is 4. The zero-order valence-corrected chi connectivity index (χ0v) is 9.34. The van der Waals surface area contributed by atoms with Gasteiger partial charge in [0.15, 0.2) is 0 Å². The largest absolute Gasteiger partial charge is 0.391 e. The summed E-state index contributed by atoms with van der Waals surface area (Å²) in [5.74, 6) is 0. The van der Waals surface area contributed by atoms with E-state index in [9.17, 15) is 9.90 Å². The molecule has 0 bridgehead atoms. The normalized spacial score (nSPS) is 12.5. The summed E-state index contributed by atoms with van der Waals surface area (Å²) in [6.45, 7) is 2.29. The number of hydrogen-bond donors (Lipinski definition) is 3. The average Bonchev–Trinajstić information content (AvgIpc) is 2.20. The quantitative estimate of drug-likeness (QED) is 0.747. The topological polar surface area (TPSA) is 78.0 Å². The number of halogens is 1. The molecule has 1 aromatic heterocycles. The summed E-state index contributed by atoms with van der Waals surface area (Å²) in [6.07, 6.45) is 1.75. The van der Waals surface area contributed by atoms with Crippen LogP contribution in [-0.4, -0.2) is 28.0 Å². The predicted octanol–water partition coefficient (Wildman–Crippen LogP) is 0.715. The average molecular weight is 262 g/mol. The molecule has 3 N–H and O–H groups in total. The van der Waals surface area contributed by atoms with Crippen LogP contribution in [0.15, 0.2) is 15.5 Å². The molecule has 1 aromatic rings. The van der Waals surface area contributed by atoms with Crippen LogP contribution in [0.3, 0.4) is 0 Å². The third kappa shape index (κ3) is 2.81. The van der Waals surface area contributed by atoms with Crippen molar-refractivity contribution in [3.63, 3.8) is 0 Å². The van der Waals surface area contributed by atoms with Crippen LogP contribution in [0.1, 0.15) is 13.3 Å². The second kappa shape index (κ2) is 5.11. The van der Waals surface area contributed by atoms with E-state index in [0.29, 0.717) is 23.1 Å². The van der Waals surface area contributed by atoms with Crippen LogP contribution in [0, 0.1) is 0 Å². The molecule has 0 aliphatic rings. The van der Waals surface area contributed by atoms with Crippen LogP contribution < -0.4 is 10.9 Å². The van der Waals surface area contributed by atoms with E-state index in [4.69, 9.17) is 0 Å². The second-order valence-corrected chi connectivity index (χ2v) is 3.66. The van der Waals surface area contributed by atoms with Crippen molar-refractivity contribution in [1.82, 2.24) is 10.2 Å². The van der Waals surface area contributed by atoms with Crippen LogP contribution in [0.5, 0.6) is 0 Å². The maximum Gasteiger partial charge on any atom is 0.280 e. The van der Waals surface area contributed by atoms with Gasteiger partial charge in [-0.3, -0.25) is 4.79 Å². The number of H-pyrrole nitrogens is 1. The van der Waals surface area contributed by atoms with E-state index >= 15 is 0 Å². The molecule has 1 heterocycles. The van der Waals surface area contributed by atoms with Gasteiger partial charge in [0.2, 0.25) is 0 Å². The van der Waals surface area contributed by atoms with Crippen molar-refractivity contribution in [3.05, 3.63) is 21.0 Å². The first-order valence-corrected chi connectivity index (χ1v) is 5.09. The fourth-order valence-electron chi connectivity index (χ4n) is 0.879. The molecule has 6 heteroatoms. The predicted molar refractivity (Wildman–Crippen MR) is 57.3 cm³/mol. The SMILES string of the molecule is CCC(O)CNc1cn[nH]c(=O)c1Br. The highest BCUT2D eigenvalue weighted by atomic mass is 79.9.